The van der Waals surface area contributed by atoms with E-state index >= 15 is 0 Å². The summed E-state index contributed by atoms with van der Waals surface area (Å²) in [6.07, 6.45) is 3.20. The second kappa shape index (κ2) is 6.13. The lowest BCUT2D eigenvalue weighted by Gasteiger charge is -2.11. The summed E-state index contributed by atoms with van der Waals surface area (Å²) in [7, 11) is 0. The molecular weight excluding hydrogens is 274 g/mol. The Kier molecular flexibility index (Phi) is 4.27. The average Bonchev–Trinajstić information content (AvgIpc) is 2.39. The molecule has 1 aromatic carbocycles. The van der Waals surface area contributed by atoms with E-state index in [0.717, 1.165) is 0 Å². The summed E-state index contributed by atoms with van der Waals surface area (Å²) in [4.78, 5) is 37.7. The minimum atomic E-state index is -0.544. The van der Waals surface area contributed by atoms with E-state index in [9.17, 15) is 14.4 Å². The number of nitrogens with zero attached hydrogens (tertiary/aromatic N) is 1. The van der Waals surface area contributed by atoms with Crippen LogP contribution in [0.15, 0.2) is 29.3 Å². The molecule has 0 radical (unpaired) electrons. The van der Waals surface area contributed by atoms with Crippen LogP contribution in [0.4, 0.5) is 0 Å². The first kappa shape index (κ1) is 14.6. The Morgan fingerprint density at radius 3 is 2.38 bits per heavy atom. The van der Waals surface area contributed by atoms with E-state index in [4.69, 9.17) is 9.47 Å². The van der Waals surface area contributed by atoms with Crippen LogP contribution in [-0.4, -0.2) is 23.9 Å². The topological polar surface area (TPSA) is 82.0 Å². The van der Waals surface area contributed by atoms with E-state index in [1.807, 2.05) is 0 Å². The molecular formula is C15H13NO5. The summed E-state index contributed by atoms with van der Waals surface area (Å²) in [6.45, 7) is 2.49. The van der Waals surface area contributed by atoms with Gasteiger partial charge in [0.25, 0.3) is 0 Å². The molecule has 6 nitrogen and oxygen atoms in total. The standard InChI is InChI=1S/C15H13NO5/c1-9(17)20-14-4-3-11(7-15(14)21-10(2)18)13-8-12(19)5-6-16-13/h3-4,6-8H,5H2,1-2H3. The van der Waals surface area contributed by atoms with Crippen LogP contribution in [0.2, 0.25) is 0 Å². The average molecular weight is 287 g/mol. The molecule has 21 heavy (non-hydrogen) atoms. The molecule has 1 aliphatic heterocycles. The Balaban J connectivity index is 2.41. The van der Waals surface area contributed by atoms with Gasteiger partial charge in [-0.1, -0.05) is 0 Å². The molecule has 0 amide bonds. The summed E-state index contributed by atoms with van der Waals surface area (Å²) in [6, 6.07) is 4.62. The van der Waals surface area contributed by atoms with Gasteiger partial charge >= 0.3 is 11.9 Å². The Morgan fingerprint density at radius 2 is 1.76 bits per heavy atom. The van der Waals surface area contributed by atoms with Crippen LogP contribution < -0.4 is 9.47 Å². The predicted molar refractivity (Wildman–Crippen MR) is 75.2 cm³/mol. The molecule has 0 unspecified atom stereocenters. The van der Waals surface area contributed by atoms with E-state index in [-0.39, 0.29) is 23.7 Å². The fourth-order valence-corrected chi connectivity index (χ4v) is 1.78. The van der Waals surface area contributed by atoms with Crippen molar-refractivity contribution in [2.24, 2.45) is 4.99 Å². The highest BCUT2D eigenvalue weighted by Gasteiger charge is 2.14. The zero-order chi connectivity index (χ0) is 15.4. The van der Waals surface area contributed by atoms with Gasteiger partial charge in [-0.3, -0.25) is 19.4 Å². The summed E-state index contributed by atoms with van der Waals surface area (Å²) in [5.74, 6) is -0.894. The van der Waals surface area contributed by atoms with Gasteiger partial charge in [0.1, 0.15) is 0 Å². The van der Waals surface area contributed by atoms with E-state index < -0.39 is 11.9 Å². The molecule has 0 aliphatic carbocycles. The molecule has 0 fully saturated rings. The maximum absolute atomic E-state index is 11.4. The molecule has 0 spiro atoms. The summed E-state index contributed by atoms with van der Waals surface area (Å²) in [5.41, 5.74) is 1.06. The minimum Gasteiger partial charge on any atom is -0.423 e. The quantitative estimate of drug-likeness (QED) is 0.626. The number of benzene rings is 1. The molecule has 0 bridgehead atoms. The Hall–Kier alpha value is -2.76. The van der Waals surface area contributed by atoms with Crippen LogP contribution in [0, 0.1) is 0 Å². The van der Waals surface area contributed by atoms with Gasteiger partial charge in [0, 0.05) is 38.1 Å². The highest BCUT2D eigenvalue weighted by Crippen LogP contribution is 2.32. The van der Waals surface area contributed by atoms with Crippen molar-refractivity contribution >= 4 is 29.6 Å². The lowest BCUT2D eigenvalue weighted by atomic mass is 10.1. The first-order chi connectivity index (χ1) is 9.95. The van der Waals surface area contributed by atoms with Crippen molar-refractivity contribution in [1.29, 1.82) is 0 Å². The zero-order valence-electron chi connectivity index (χ0n) is 11.6. The van der Waals surface area contributed by atoms with Crippen molar-refractivity contribution < 1.29 is 23.9 Å². The zero-order valence-corrected chi connectivity index (χ0v) is 11.6. The van der Waals surface area contributed by atoms with Crippen LogP contribution in [0.25, 0.3) is 5.70 Å². The third kappa shape index (κ3) is 3.85. The lowest BCUT2D eigenvalue weighted by molar-refractivity contribution is -0.134. The number of hydrogen-bond donors (Lipinski definition) is 0. The van der Waals surface area contributed by atoms with E-state index in [1.165, 1.54) is 38.3 Å². The van der Waals surface area contributed by atoms with Crippen LogP contribution in [0.3, 0.4) is 0 Å². The molecule has 2 rings (SSSR count). The van der Waals surface area contributed by atoms with Crippen molar-refractivity contribution in [2.45, 2.75) is 20.3 Å². The summed E-state index contributed by atoms with van der Waals surface area (Å²) < 4.78 is 9.99. The van der Waals surface area contributed by atoms with Crippen LogP contribution >= 0.6 is 0 Å². The van der Waals surface area contributed by atoms with Gasteiger partial charge in [0.15, 0.2) is 17.3 Å². The Labute approximate surface area is 121 Å². The first-order valence-electron chi connectivity index (χ1n) is 6.24. The number of carbonyl (C=O) groups is 3. The van der Waals surface area contributed by atoms with E-state index in [2.05, 4.69) is 4.99 Å². The number of ketones is 1. The van der Waals surface area contributed by atoms with Crippen molar-refractivity contribution in [3.8, 4) is 11.5 Å². The van der Waals surface area contributed by atoms with Crippen LogP contribution in [-0.2, 0) is 14.4 Å². The minimum absolute atomic E-state index is 0.0573. The molecule has 1 heterocycles. The molecule has 0 saturated carbocycles. The Bertz CT molecular complexity index is 673. The smallest absolute Gasteiger partial charge is 0.308 e. The number of rotatable bonds is 3. The highest BCUT2D eigenvalue weighted by atomic mass is 16.6. The summed E-state index contributed by atoms with van der Waals surface area (Å²) >= 11 is 0. The predicted octanol–water partition coefficient (Wildman–Crippen LogP) is 1.92. The lowest BCUT2D eigenvalue weighted by Crippen LogP contribution is -2.08. The van der Waals surface area contributed by atoms with Crippen molar-refractivity contribution in [3.63, 3.8) is 0 Å². The van der Waals surface area contributed by atoms with Crippen molar-refractivity contribution in [1.82, 2.24) is 0 Å². The van der Waals surface area contributed by atoms with E-state index in [0.29, 0.717) is 11.3 Å². The second-order valence-corrected chi connectivity index (χ2v) is 4.36. The van der Waals surface area contributed by atoms with Crippen molar-refractivity contribution in [3.05, 3.63) is 29.8 Å². The normalized spacial score (nSPS) is 13.6. The van der Waals surface area contributed by atoms with Gasteiger partial charge in [-0.15, -0.1) is 0 Å². The number of aliphatic imine (C=N–C) groups is 1. The number of carbonyl (C=O) groups excluding carboxylic acids is 3. The molecule has 0 N–H and O–H groups in total. The maximum Gasteiger partial charge on any atom is 0.308 e. The van der Waals surface area contributed by atoms with Gasteiger partial charge in [0.05, 0.1) is 5.70 Å². The van der Waals surface area contributed by atoms with Gasteiger partial charge in [-0.05, 0) is 18.2 Å². The number of allylic oxidation sites excluding steroid dienone is 1. The maximum atomic E-state index is 11.4. The summed E-state index contributed by atoms with van der Waals surface area (Å²) in [5, 5.41) is 0. The van der Waals surface area contributed by atoms with Crippen LogP contribution in [0.5, 0.6) is 11.5 Å². The molecule has 1 aliphatic rings. The molecule has 0 atom stereocenters. The monoisotopic (exact) mass is 287 g/mol. The molecule has 1 aromatic rings. The highest BCUT2D eigenvalue weighted by molar-refractivity contribution is 6.07. The number of ether oxygens (including phenoxy) is 2. The van der Waals surface area contributed by atoms with Gasteiger partial charge in [-0.25, -0.2) is 0 Å². The number of esters is 2. The fraction of sp³-hybridized carbons (Fsp3) is 0.200. The van der Waals surface area contributed by atoms with Gasteiger partial charge in [0.2, 0.25) is 0 Å². The van der Waals surface area contributed by atoms with Crippen molar-refractivity contribution in [2.75, 3.05) is 0 Å². The largest absolute Gasteiger partial charge is 0.423 e. The second-order valence-electron chi connectivity index (χ2n) is 4.36. The molecule has 108 valence electrons. The SMILES string of the molecule is CC(=O)Oc1ccc(C2=CC(=O)CC=N2)cc1OC(C)=O. The van der Waals surface area contributed by atoms with E-state index in [1.54, 1.807) is 6.07 Å². The Morgan fingerprint density at radius 1 is 1.10 bits per heavy atom. The van der Waals surface area contributed by atoms with Crippen LogP contribution in [0.1, 0.15) is 25.8 Å². The fourth-order valence-electron chi connectivity index (χ4n) is 1.78. The first-order valence-corrected chi connectivity index (χ1v) is 6.24. The third-order valence-electron chi connectivity index (χ3n) is 2.57. The van der Waals surface area contributed by atoms with Gasteiger partial charge < -0.3 is 9.47 Å². The molecule has 0 aromatic heterocycles. The molecule has 0 saturated heterocycles. The van der Waals surface area contributed by atoms with Gasteiger partial charge in [-0.2, -0.15) is 0 Å². The third-order valence-corrected chi connectivity index (χ3v) is 2.57. The molecule has 6 heteroatoms. The number of hydrogen-bond acceptors (Lipinski definition) is 6.